The number of pyridine rings is 1. The standard InChI is InChI=1S/C12H19N3.2BrH/c1-12(10-13)4-8-15(9-5-12)11-2-6-14-7-3-11;;/h2-3,6-7H,4-5,8-10,13H2,1H3;2*1H. The first-order valence-corrected chi connectivity index (χ1v) is 5.59. The molecule has 0 unspecified atom stereocenters. The molecule has 1 fully saturated rings. The van der Waals surface area contributed by atoms with Crippen LogP contribution in [0.1, 0.15) is 19.8 Å². The molecule has 1 saturated heterocycles. The summed E-state index contributed by atoms with van der Waals surface area (Å²) in [7, 11) is 0. The molecule has 1 aromatic rings. The van der Waals surface area contributed by atoms with Crippen LogP contribution in [0.5, 0.6) is 0 Å². The maximum absolute atomic E-state index is 5.79. The number of rotatable bonds is 2. The molecule has 2 rings (SSSR count). The third-order valence-electron chi connectivity index (χ3n) is 3.49. The van der Waals surface area contributed by atoms with Gasteiger partial charge in [-0.25, -0.2) is 0 Å². The number of anilines is 1. The summed E-state index contributed by atoms with van der Waals surface area (Å²) in [6.45, 7) is 5.31. The minimum absolute atomic E-state index is 0. The molecule has 5 heteroatoms. The van der Waals surface area contributed by atoms with Crippen molar-refractivity contribution in [1.82, 2.24) is 4.98 Å². The van der Waals surface area contributed by atoms with Crippen LogP contribution in [0.15, 0.2) is 24.5 Å². The van der Waals surface area contributed by atoms with E-state index in [2.05, 4.69) is 28.9 Å². The molecule has 0 saturated carbocycles. The largest absolute Gasteiger partial charge is 0.371 e. The van der Waals surface area contributed by atoms with Gasteiger partial charge in [0, 0.05) is 31.2 Å². The van der Waals surface area contributed by atoms with Gasteiger partial charge in [0.15, 0.2) is 0 Å². The molecule has 1 aliphatic heterocycles. The molecule has 98 valence electrons. The second-order valence-corrected chi connectivity index (χ2v) is 4.71. The van der Waals surface area contributed by atoms with Crippen molar-refractivity contribution in [3.05, 3.63) is 24.5 Å². The summed E-state index contributed by atoms with van der Waals surface area (Å²) in [5.74, 6) is 0. The molecule has 1 aliphatic rings. The summed E-state index contributed by atoms with van der Waals surface area (Å²) in [4.78, 5) is 6.45. The van der Waals surface area contributed by atoms with Crippen LogP contribution < -0.4 is 10.6 Å². The van der Waals surface area contributed by atoms with Crippen LogP contribution >= 0.6 is 34.0 Å². The van der Waals surface area contributed by atoms with Crippen LogP contribution in [0.2, 0.25) is 0 Å². The lowest BCUT2D eigenvalue weighted by Crippen LogP contribution is -2.42. The first-order valence-electron chi connectivity index (χ1n) is 5.59. The van der Waals surface area contributed by atoms with Crippen molar-refractivity contribution in [2.75, 3.05) is 24.5 Å². The summed E-state index contributed by atoms with van der Waals surface area (Å²) in [6.07, 6.45) is 6.08. The van der Waals surface area contributed by atoms with Crippen LogP contribution in [-0.2, 0) is 0 Å². The molecule has 0 spiro atoms. The number of hydrogen-bond donors (Lipinski definition) is 1. The minimum Gasteiger partial charge on any atom is -0.371 e. The Kier molecular flexibility index (Phi) is 7.28. The second-order valence-electron chi connectivity index (χ2n) is 4.71. The molecule has 3 nitrogen and oxygen atoms in total. The molecule has 0 atom stereocenters. The molecule has 0 aromatic carbocycles. The van der Waals surface area contributed by atoms with Crippen LogP contribution in [-0.4, -0.2) is 24.6 Å². The SMILES string of the molecule is Br.Br.CC1(CN)CCN(c2ccncc2)CC1. The van der Waals surface area contributed by atoms with E-state index in [1.54, 1.807) is 0 Å². The van der Waals surface area contributed by atoms with Gasteiger partial charge in [0.25, 0.3) is 0 Å². The van der Waals surface area contributed by atoms with Gasteiger partial charge < -0.3 is 10.6 Å². The molecule has 2 N–H and O–H groups in total. The van der Waals surface area contributed by atoms with E-state index < -0.39 is 0 Å². The Labute approximate surface area is 124 Å². The van der Waals surface area contributed by atoms with Crippen molar-refractivity contribution < 1.29 is 0 Å². The van der Waals surface area contributed by atoms with Gasteiger partial charge >= 0.3 is 0 Å². The summed E-state index contributed by atoms with van der Waals surface area (Å²) in [5.41, 5.74) is 7.43. The third-order valence-corrected chi connectivity index (χ3v) is 3.49. The number of hydrogen-bond acceptors (Lipinski definition) is 3. The maximum atomic E-state index is 5.79. The van der Waals surface area contributed by atoms with Crippen molar-refractivity contribution >= 4 is 39.7 Å². The van der Waals surface area contributed by atoms with Crippen molar-refractivity contribution in [2.24, 2.45) is 11.1 Å². The number of piperidine rings is 1. The predicted octanol–water partition coefficient (Wildman–Crippen LogP) is 2.80. The average Bonchev–Trinajstić information content (AvgIpc) is 2.31. The van der Waals surface area contributed by atoms with Crippen LogP contribution in [0.4, 0.5) is 5.69 Å². The Balaban J connectivity index is 0.00000128. The Hall–Kier alpha value is -0.130. The van der Waals surface area contributed by atoms with Gasteiger partial charge in [-0.15, -0.1) is 34.0 Å². The van der Waals surface area contributed by atoms with E-state index in [9.17, 15) is 0 Å². The molecule has 0 bridgehead atoms. The Bertz CT molecular complexity index is 311. The lowest BCUT2D eigenvalue weighted by molar-refractivity contribution is 0.258. The summed E-state index contributed by atoms with van der Waals surface area (Å²) in [6, 6.07) is 4.15. The van der Waals surface area contributed by atoms with Gasteiger partial charge in [-0.3, -0.25) is 4.98 Å². The van der Waals surface area contributed by atoms with E-state index in [1.807, 2.05) is 12.4 Å². The lowest BCUT2D eigenvalue weighted by Gasteiger charge is -2.39. The molecule has 2 heterocycles. The number of aromatic nitrogens is 1. The van der Waals surface area contributed by atoms with Crippen molar-refractivity contribution in [3.8, 4) is 0 Å². The summed E-state index contributed by atoms with van der Waals surface area (Å²) < 4.78 is 0. The van der Waals surface area contributed by atoms with Gasteiger partial charge in [0.05, 0.1) is 0 Å². The highest BCUT2D eigenvalue weighted by Gasteiger charge is 2.28. The van der Waals surface area contributed by atoms with Gasteiger partial charge in [0.1, 0.15) is 0 Å². The van der Waals surface area contributed by atoms with E-state index >= 15 is 0 Å². The first-order chi connectivity index (χ1) is 7.23. The monoisotopic (exact) mass is 365 g/mol. The highest BCUT2D eigenvalue weighted by atomic mass is 79.9. The quantitative estimate of drug-likeness (QED) is 0.874. The van der Waals surface area contributed by atoms with Crippen LogP contribution in [0, 0.1) is 5.41 Å². The zero-order chi connectivity index (χ0) is 10.7. The molecule has 1 aromatic heterocycles. The van der Waals surface area contributed by atoms with Gasteiger partial charge in [0.2, 0.25) is 0 Å². The Morgan fingerprint density at radius 3 is 2.24 bits per heavy atom. The van der Waals surface area contributed by atoms with E-state index in [4.69, 9.17) is 5.73 Å². The highest BCUT2D eigenvalue weighted by molar-refractivity contribution is 8.93. The molecule has 0 amide bonds. The molecular formula is C12H21Br2N3. The smallest absolute Gasteiger partial charge is 0.0397 e. The number of halogens is 2. The Morgan fingerprint density at radius 1 is 1.24 bits per heavy atom. The second kappa shape index (κ2) is 7.34. The fraction of sp³-hybridized carbons (Fsp3) is 0.583. The van der Waals surface area contributed by atoms with Gasteiger partial charge in [-0.2, -0.15) is 0 Å². The fourth-order valence-corrected chi connectivity index (χ4v) is 2.06. The van der Waals surface area contributed by atoms with Crippen molar-refractivity contribution in [2.45, 2.75) is 19.8 Å². The first kappa shape index (κ1) is 16.9. The van der Waals surface area contributed by atoms with Crippen molar-refractivity contribution in [1.29, 1.82) is 0 Å². The zero-order valence-corrected chi connectivity index (χ0v) is 13.6. The predicted molar refractivity (Wildman–Crippen MR) is 83.5 cm³/mol. The van der Waals surface area contributed by atoms with E-state index in [1.165, 1.54) is 18.5 Å². The van der Waals surface area contributed by atoms with E-state index in [-0.39, 0.29) is 34.0 Å². The molecule has 0 radical (unpaired) electrons. The lowest BCUT2D eigenvalue weighted by atomic mass is 9.80. The van der Waals surface area contributed by atoms with Crippen LogP contribution in [0.25, 0.3) is 0 Å². The minimum atomic E-state index is 0. The number of nitrogens with zero attached hydrogens (tertiary/aromatic N) is 2. The number of nitrogens with two attached hydrogens (primary N) is 1. The van der Waals surface area contributed by atoms with Crippen molar-refractivity contribution in [3.63, 3.8) is 0 Å². The van der Waals surface area contributed by atoms with E-state index in [0.29, 0.717) is 5.41 Å². The normalized spacial score (nSPS) is 17.9. The summed E-state index contributed by atoms with van der Waals surface area (Å²) >= 11 is 0. The molecule has 17 heavy (non-hydrogen) atoms. The average molecular weight is 367 g/mol. The van der Waals surface area contributed by atoms with E-state index in [0.717, 1.165) is 19.6 Å². The topological polar surface area (TPSA) is 42.1 Å². The molecule has 0 aliphatic carbocycles. The van der Waals surface area contributed by atoms with Gasteiger partial charge in [-0.1, -0.05) is 6.92 Å². The van der Waals surface area contributed by atoms with Crippen LogP contribution in [0.3, 0.4) is 0 Å². The Morgan fingerprint density at radius 2 is 1.76 bits per heavy atom. The highest BCUT2D eigenvalue weighted by Crippen LogP contribution is 2.31. The molecular weight excluding hydrogens is 346 g/mol. The summed E-state index contributed by atoms with van der Waals surface area (Å²) in [5, 5.41) is 0. The zero-order valence-electron chi connectivity index (χ0n) is 10.1. The van der Waals surface area contributed by atoms with Gasteiger partial charge in [-0.05, 0) is 36.9 Å². The fourth-order valence-electron chi connectivity index (χ4n) is 2.06. The third kappa shape index (κ3) is 4.23. The maximum Gasteiger partial charge on any atom is 0.0397 e.